The molecule has 1 aliphatic carbocycles. The normalized spacial score (nSPS) is 23.0. The fourth-order valence-corrected chi connectivity index (χ4v) is 2.72. The average molecular weight is 304 g/mol. The molecule has 0 bridgehead atoms. The number of aromatic nitrogens is 2. The third-order valence-corrected chi connectivity index (χ3v) is 4.03. The van der Waals surface area contributed by atoms with E-state index in [2.05, 4.69) is 23.0 Å². The highest BCUT2D eigenvalue weighted by atomic mass is 32.2. The molecule has 0 N–H and O–H groups in total. The summed E-state index contributed by atoms with van der Waals surface area (Å²) in [5, 5.41) is 0.452. The van der Waals surface area contributed by atoms with E-state index in [-0.39, 0.29) is 0 Å². The molecule has 0 spiro atoms. The van der Waals surface area contributed by atoms with E-state index < -0.39 is 11.2 Å². The third kappa shape index (κ3) is 3.95. The van der Waals surface area contributed by atoms with Crippen LogP contribution in [0.2, 0.25) is 0 Å². The van der Waals surface area contributed by atoms with Crippen molar-refractivity contribution < 1.29 is 9.29 Å². The molecule has 0 saturated heterocycles. The van der Waals surface area contributed by atoms with Crippen LogP contribution in [0.15, 0.2) is 41.1 Å². The highest BCUT2D eigenvalue weighted by Gasteiger charge is 2.19. The summed E-state index contributed by atoms with van der Waals surface area (Å²) in [5.74, 6) is 1.10. The molecule has 21 heavy (non-hydrogen) atoms. The van der Waals surface area contributed by atoms with E-state index in [1.807, 2.05) is 25.2 Å². The predicted molar refractivity (Wildman–Crippen MR) is 85.6 cm³/mol. The first-order chi connectivity index (χ1) is 10.1. The highest BCUT2D eigenvalue weighted by Crippen LogP contribution is 2.26. The second kappa shape index (κ2) is 7.43. The minimum absolute atomic E-state index is 0.452. The molecule has 1 aliphatic rings. The average Bonchev–Trinajstić information content (AvgIpc) is 2.44. The fraction of sp³-hybridized carbons (Fsp3) is 0.375. The Hall–Kier alpha value is -1.59. The smallest absolute Gasteiger partial charge is 0.290 e. The Kier molecular flexibility index (Phi) is 5.59. The summed E-state index contributed by atoms with van der Waals surface area (Å²) in [6.07, 6.45) is 13.4. The van der Waals surface area contributed by atoms with Gasteiger partial charge >= 0.3 is 0 Å². The van der Waals surface area contributed by atoms with E-state index in [9.17, 15) is 4.55 Å². The van der Waals surface area contributed by atoms with Crippen LogP contribution < -0.4 is 4.74 Å². The van der Waals surface area contributed by atoms with Crippen LogP contribution in [0.5, 0.6) is 5.75 Å². The molecule has 112 valence electrons. The lowest BCUT2D eigenvalue weighted by Gasteiger charge is -2.12. The molecule has 0 aliphatic heterocycles. The van der Waals surface area contributed by atoms with Crippen molar-refractivity contribution in [1.29, 1.82) is 0 Å². The maximum Gasteiger partial charge on any atom is 0.290 e. The van der Waals surface area contributed by atoms with Crippen molar-refractivity contribution in [3.05, 3.63) is 41.9 Å². The Morgan fingerprint density at radius 3 is 2.90 bits per heavy atom. The number of allylic oxidation sites excluding steroid dienone is 6. The van der Waals surface area contributed by atoms with Gasteiger partial charge in [-0.25, -0.2) is 4.98 Å². The lowest BCUT2D eigenvalue weighted by molar-refractivity contribution is 0.326. The summed E-state index contributed by atoms with van der Waals surface area (Å²) in [5.41, 5.74) is 2.22. The van der Waals surface area contributed by atoms with E-state index in [0.717, 1.165) is 18.4 Å². The van der Waals surface area contributed by atoms with Crippen LogP contribution >= 0.6 is 0 Å². The maximum atomic E-state index is 11.9. The lowest BCUT2D eigenvalue weighted by atomic mass is 10.0. The van der Waals surface area contributed by atoms with E-state index in [4.69, 9.17) is 4.74 Å². The Morgan fingerprint density at radius 2 is 2.19 bits per heavy atom. The topological polar surface area (TPSA) is 58.1 Å². The first-order valence-corrected chi connectivity index (χ1v) is 8.56. The molecular formula is C16H20N2O2S. The number of rotatable bonds is 4. The standard InChI is InChI=1S/C16H20N2O2S/c1-4-20-14-11-17-15(18-16(14)21(3)19)13-10-8-6-5-7-9-12(13)2/h5-6,8,10-11H,4,7,9H2,1-3H3/b6-5+,10-8-,13-12-. The number of nitrogens with zero attached hydrogens (tertiary/aromatic N) is 2. The summed E-state index contributed by atoms with van der Waals surface area (Å²) < 4.78 is 17.3. The Morgan fingerprint density at radius 1 is 1.38 bits per heavy atom. The van der Waals surface area contributed by atoms with Crippen LogP contribution in [0, 0.1) is 0 Å². The van der Waals surface area contributed by atoms with Gasteiger partial charge in [-0.1, -0.05) is 29.9 Å². The largest absolute Gasteiger partial charge is 0.610 e. The third-order valence-electron chi connectivity index (χ3n) is 3.19. The van der Waals surface area contributed by atoms with Crippen LogP contribution in [-0.4, -0.2) is 27.4 Å². The quantitative estimate of drug-likeness (QED) is 0.632. The van der Waals surface area contributed by atoms with Gasteiger partial charge in [0.05, 0.1) is 12.8 Å². The second-order valence-corrected chi connectivity index (χ2v) is 6.07. The van der Waals surface area contributed by atoms with Gasteiger partial charge < -0.3 is 9.29 Å². The van der Waals surface area contributed by atoms with Gasteiger partial charge in [0.15, 0.2) is 5.82 Å². The molecule has 0 radical (unpaired) electrons. The molecule has 1 atom stereocenters. The monoisotopic (exact) mass is 304 g/mol. The zero-order valence-corrected chi connectivity index (χ0v) is 13.4. The van der Waals surface area contributed by atoms with Crippen LogP contribution in [0.3, 0.4) is 0 Å². The predicted octanol–water partition coefficient (Wildman–Crippen LogP) is 3.29. The highest BCUT2D eigenvalue weighted by molar-refractivity contribution is 7.90. The molecule has 5 heteroatoms. The van der Waals surface area contributed by atoms with Gasteiger partial charge in [-0.05, 0) is 26.7 Å². The first kappa shape index (κ1) is 15.8. The molecule has 4 nitrogen and oxygen atoms in total. The van der Waals surface area contributed by atoms with Gasteiger partial charge in [-0.15, -0.1) is 0 Å². The molecule has 1 heterocycles. The van der Waals surface area contributed by atoms with Crippen molar-refractivity contribution in [2.45, 2.75) is 31.7 Å². The molecule has 0 fully saturated rings. The SMILES string of the molecule is CCOc1cnc(C2=C(/C)CC/C=C/C=C\2)nc1[S+](C)[O-]. The molecule has 0 amide bonds. The van der Waals surface area contributed by atoms with Gasteiger partial charge in [0.1, 0.15) is 6.26 Å². The van der Waals surface area contributed by atoms with E-state index in [0.29, 0.717) is 23.2 Å². The van der Waals surface area contributed by atoms with E-state index in [1.54, 1.807) is 12.5 Å². The van der Waals surface area contributed by atoms with Crippen molar-refractivity contribution in [2.75, 3.05) is 12.9 Å². The Labute approximate surface area is 128 Å². The Balaban J connectivity index is 2.46. The van der Waals surface area contributed by atoms with Gasteiger partial charge in [0.25, 0.3) is 5.03 Å². The van der Waals surface area contributed by atoms with Crippen molar-refractivity contribution in [3.8, 4) is 5.75 Å². The fourth-order valence-electron chi connectivity index (χ4n) is 2.11. The summed E-state index contributed by atoms with van der Waals surface area (Å²) in [4.78, 5) is 8.85. The summed E-state index contributed by atoms with van der Waals surface area (Å²) in [6.45, 7) is 4.47. The summed E-state index contributed by atoms with van der Waals surface area (Å²) >= 11 is -1.21. The van der Waals surface area contributed by atoms with Crippen LogP contribution in [0.4, 0.5) is 0 Å². The molecule has 1 aromatic heterocycles. The molecule has 0 saturated carbocycles. The van der Waals surface area contributed by atoms with Gasteiger partial charge in [-0.2, -0.15) is 4.98 Å². The van der Waals surface area contributed by atoms with Crippen molar-refractivity contribution in [1.82, 2.24) is 9.97 Å². The minimum Gasteiger partial charge on any atom is -0.610 e. The van der Waals surface area contributed by atoms with Crippen LogP contribution in [0.25, 0.3) is 5.57 Å². The van der Waals surface area contributed by atoms with Crippen molar-refractivity contribution in [2.24, 2.45) is 0 Å². The summed E-state index contributed by atoms with van der Waals surface area (Å²) in [6, 6.07) is 0. The van der Waals surface area contributed by atoms with Crippen LogP contribution in [0.1, 0.15) is 32.5 Å². The van der Waals surface area contributed by atoms with Crippen molar-refractivity contribution in [3.63, 3.8) is 0 Å². The maximum absolute atomic E-state index is 11.9. The molecule has 1 unspecified atom stereocenters. The van der Waals surface area contributed by atoms with Gasteiger partial charge in [0, 0.05) is 16.7 Å². The molecular weight excluding hydrogens is 284 g/mol. The van der Waals surface area contributed by atoms with Gasteiger partial charge in [0.2, 0.25) is 5.75 Å². The number of hydrogen-bond acceptors (Lipinski definition) is 4. The zero-order chi connectivity index (χ0) is 15.2. The van der Waals surface area contributed by atoms with Crippen LogP contribution in [-0.2, 0) is 11.2 Å². The number of hydrogen-bond donors (Lipinski definition) is 0. The lowest BCUT2D eigenvalue weighted by Crippen LogP contribution is -2.09. The van der Waals surface area contributed by atoms with Crippen molar-refractivity contribution >= 4 is 16.7 Å². The number of ether oxygens (including phenoxy) is 1. The summed E-state index contributed by atoms with van der Waals surface area (Å²) in [7, 11) is 0. The molecule has 0 aromatic carbocycles. The van der Waals surface area contributed by atoms with Gasteiger partial charge in [-0.3, -0.25) is 0 Å². The molecule has 1 aromatic rings. The minimum atomic E-state index is -1.21. The second-order valence-electron chi connectivity index (χ2n) is 4.77. The molecule has 2 rings (SSSR count). The zero-order valence-electron chi connectivity index (χ0n) is 12.6. The van der Waals surface area contributed by atoms with E-state index >= 15 is 0 Å². The van der Waals surface area contributed by atoms with E-state index in [1.165, 1.54) is 5.57 Å². The first-order valence-electron chi connectivity index (χ1n) is 7.00. The Bertz CT molecular complexity index is 592.